The standard InChI is InChI=1S/C23H23N7OS/c1-15-8-11-20(16(2)12-15)30-23(25-27-28-30)32-14-22(31)24-21-13-19(17-9-10-17)26-29(21)18-6-4-3-5-7-18/h3-8,11-13,17H,9-10,14H2,1-2H3,(H,24,31). The predicted octanol–water partition coefficient (Wildman–Crippen LogP) is 4.07. The first-order valence-corrected chi connectivity index (χ1v) is 11.5. The van der Waals surface area contributed by atoms with Crippen LogP contribution in [0.4, 0.5) is 5.82 Å². The molecule has 1 aliphatic rings. The van der Waals surface area contributed by atoms with Crippen molar-refractivity contribution in [2.45, 2.75) is 37.8 Å². The Morgan fingerprint density at radius 3 is 2.66 bits per heavy atom. The van der Waals surface area contributed by atoms with Gasteiger partial charge in [-0.1, -0.05) is 47.7 Å². The summed E-state index contributed by atoms with van der Waals surface area (Å²) in [7, 11) is 0. The molecule has 8 nitrogen and oxygen atoms in total. The van der Waals surface area contributed by atoms with Crippen molar-refractivity contribution in [3.63, 3.8) is 0 Å². The minimum atomic E-state index is -0.135. The summed E-state index contributed by atoms with van der Waals surface area (Å²) in [6, 6.07) is 17.9. The fourth-order valence-electron chi connectivity index (χ4n) is 3.61. The lowest BCUT2D eigenvalue weighted by molar-refractivity contribution is -0.113. The van der Waals surface area contributed by atoms with Gasteiger partial charge in [-0.05, 0) is 60.9 Å². The third kappa shape index (κ3) is 4.29. The SMILES string of the molecule is Cc1ccc(-n2nnnc2SCC(=O)Nc2cc(C3CC3)nn2-c2ccccc2)c(C)c1. The van der Waals surface area contributed by atoms with E-state index in [1.807, 2.05) is 62.4 Å². The first-order chi connectivity index (χ1) is 15.6. The molecule has 162 valence electrons. The average Bonchev–Trinajstić information content (AvgIpc) is 3.39. The van der Waals surface area contributed by atoms with Crippen molar-refractivity contribution in [1.29, 1.82) is 0 Å². The van der Waals surface area contributed by atoms with Crippen molar-refractivity contribution in [3.05, 3.63) is 71.4 Å². The van der Waals surface area contributed by atoms with Crippen molar-refractivity contribution in [2.24, 2.45) is 0 Å². The van der Waals surface area contributed by atoms with E-state index in [2.05, 4.69) is 26.9 Å². The van der Waals surface area contributed by atoms with Crippen LogP contribution in [0.5, 0.6) is 0 Å². The molecule has 1 N–H and O–H groups in total. The molecular formula is C23H23N7OS. The highest BCUT2D eigenvalue weighted by Crippen LogP contribution is 2.40. The Labute approximate surface area is 190 Å². The number of rotatable bonds is 7. The Morgan fingerprint density at radius 2 is 1.91 bits per heavy atom. The van der Waals surface area contributed by atoms with Crippen LogP contribution in [0.25, 0.3) is 11.4 Å². The highest BCUT2D eigenvalue weighted by Gasteiger charge is 2.28. The molecule has 2 heterocycles. The number of nitrogens with zero attached hydrogens (tertiary/aromatic N) is 6. The maximum atomic E-state index is 12.8. The molecule has 1 amide bonds. The lowest BCUT2D eigenvalue weighted by Gasteiger charge is -2.10. The summed E-state index contributed by atoms with van der Waals surface area (Å²) in [6.07, 6.45) is 2.30. The van der Waals surface area contributed by atoms with Crippen LogP contribution < -0.4 is 5.32 Å². The van der Waals surface area contributed by atoms with Gasteiger partial charge in [0, 0.05) is 12.0 Å². The van der Waals surface area contributed by atoms with Gasteiger partial charge in [-0.2, -0.15) is 9.78 Å². The molecule has 0 spiro atoms. The molecule has 0 saturated heterocycles. The van der Waals surface area contributed by atoms with Crippen LogP contribution in [0, 0.1) is 13.8 Å². The van der Waals surface area contributed by atoms with Crippen LogP contribution in [-0.4, -0.2) is 41.6 Å². The van der Waals surface area contributed by atoms with Gasteiger partial charge in [-0.3, -0.25) is 4.79 Å². The maximum absolute atomic E-state index is 12.8. The Hall–Kier alpha value is -3.46. The molecule has 1 aliphatic carbocycles. The van der Waals surface area contributed by atoms with Gasteiger partial charge < -0.3 is 5.32 Å². The van der Waals surface area contributed by atoms with E-state index < -0.39 is 0 Å². The van der Waals surface area contributed by atoms with Gasteiger partial charge in [0.2, 0.25) is 11.1 Å². The third-order valence-electron chi connectivity index (χ3n) is 5.35. The van der Waals surface area contributed by atoms with E-state index in [1.165, 1.54) is 17.3 Å². The molecular weight excluding hydrogens is 422 g/mol. The third-order valence-corrected chi connectivity index (χ3v) is 6.27. The molecule has 0 bridgehead atoms. The van der Waals surface area contributed by atoms with Gasteiger partial charge in [0.25, 0.3) is 0 Å². The van der Waals surface area contributed by atoms with Gasteiger partial charge in [-0.25, -0.2) is 4.68 Å². The normalized spacial score (nSPS) is 13.3. The second-order valence-electron chi connectivity index (χ2n) is 7.98. The van der Waals surface area contributed by atoms with Gasteiger partial charge in [0.05, 0.1) is 22.8 Å². The minimum absolute atomic E-state index is 0.135. The Morgan fingerprint density at radius 1 is 1.09 bits per heavy atom. The number of carbonyl (C=O) groups excluding carboxylic acids is 1. The Kier molecular flexibility index (Phi) is 5.48. The van der Waals surface area contributed by atoms with Crippen LogP contribution in [0.3, 0.4) is 0 Å². The maximum Gasteiger partial charge on any atom is 0.236 e. The van der Waals surface area contributed by atoms with E-state index in [0.717, 1.165) is 35.5 Å². The second-order valence-corrected chi connectivity index (χ2v) is 8.92. The monoisotopic (exact) mass is 445 g/mol. The number of carbonyl (C=O) groups is 1. The quantitative estimate of drug-likeness (QED) is 0.431. The zero-order valence-corrected chi connectivity index (χ0v) is 18.7. The number of para-hydroxylation sites is 1. The molecule has 0 aliphatic heterocycles. The number of aromatic nitrogens is 6. The molecule has 0 unspecified atom stereocenters. The topological polar surface area (TPSA) is 90.5 Å². The van der Waals surface area contributed by atoms with E-state index in [-0.39, 0.29) is 11.7 Å². The van der Waals surface area contributed by atoms with Crippen molar-refractivity contribution in [2.75, 3.05) is 11.1 Å². The molecule has 2 aromatic heterocycles. The van der Waals surface area contributed by atoms with Gasteiger partial charge in [0.1, 0.15) is 5.82 Å². The number of anilines is 1. The summed E-state index contributed by atoms with van der Waals surface area (Å²) in [5.41, 5.74) is 5.09. The molecule has 1 saturated carbocycles. The summed E-state index contributed by atoms with van der Waals surface area (Å²) in [6.45, 7) is 4.07. The van der Waals surface area contributed by atoms with Crippen LogP contribution >= 0.6 is 11.8 Å². The Bertz CT molecular complexity index is 1260. The number of tetrazole rings is 1. The van der Waals surface area contributed by atoms with Crippen molar-refractivity contribution in [3.8, 4) is 11.4 Å². The molecule has 9 heteroatoms. The number of amides is 1. The fraction of sp³-hybridized carbons (Fsp3) is 0.261. The lowest BCUT2D eigenvalue weighted by Crippen LogP contribution is -2.17. The lowest BCUT2D eigenvalue weighted by atomic mass is 10.1. The van der Waals surface area contributed by atoms with Crippen LogP contribution in [-0.2, 0) is 4.79 Å². The average molecular weight is 446 g/mol. The van der Waals surface area contributed by atoms with Crippen molar-refractivity contribution in [1.82, 2.24) is 30.0 Å². The van der Waals surface area contributed by atoms with Crippen LogP contribution in [0.2, 0.25) is 0 Å². The zero-order valence-electron chi connectivity index (χ0n) is 17.9. The molecule has 5 rings (SSSR count). The summed E-state index contributed by atoms with van der Waals surface area (Å²) in [5.74, 6) is 1.22. The molecule has 1 fully saturated rings. The number of hydrogen-bond acceptors (Lipinski definition) is 6. The van der Waals surface area contributed by atoms with Crippen LogP contribution in [0.1, 0.15) is 35.6 Å². The predicted molar refractivity (Wildman–Crippen MR) is 124 cm³/mol. The van der Waals surface area contributed by atoms with E-state index in [1.54, 1.807) is 9.36 Å². The first kappa shape index (κ1) is 20.4. The number of hydrogen-bond donors (Lipinski definition) is 1. The first-order valence-electron chi connectivity index (χ1n) is 10.5. The molecule has 0 radical (unpaired) electrons. The van der Waals surface area contributed by atoms with Gasteiger partial charge >= 0.3 is 0 Å². The summed E-state index contributed by atoms with van der Waals surface area (Å²) in [4.78, 5) is 12.8. The second kappa shape index (κ2) is 8.58. The van der Waals surface area contributed by atoms with E-state index >= 15 is 0 Å². The Balaban J connectivity index is 1.31. The van der Waals surface area contributed by atoms with Crippen molar-refractivity contribution < 1.29 is 4.79 Å². The van der Waals surface area contributed by atoms with Crippen molar-refractivity contribution >= 4 is 23.5 Å². The number of thioether (sulfide) groups is 1. The van der Waals surface area contributed by atoms with E-state index in [4.69, 9.17) is 5.10 Å². The highest BCUT2D eigenvalue weighted by molar-refractivity contribution is 7.99. The summed E-state index contributed by atoms with van der Waals surface area (Å²) >= 11 is 1.30. The minimum Gasteiger partial charge on any atom is -0.310 e. The van der Waals surface area contributed by atoms with Gasteiger partial charge in [0.15, 0.2) is 0 Å². The number of nitrogens with one attached hydrogen (secondary N) is 1. The highest BCUT2D eigenvalue weighted by atomic mass is 32.2. The summed E-state index contributed by atoms with van der Waals surface area (Å²) in [5, 5.41) is 20.3. The van der Waals surface area contributed by atoms with Crippen LogP contribution in [0.15, 0.2) is 59.8 Å². The molecule has 0 atom stereocenters. The summed E-state index contributed by atoms with van der Waals surface area (Å²) < 4.78 is 3.47. The van der Waals surface area contributed by atoms with E-state index in [0.29, 0.717) is 16.9 Å². The largest absolute Gasteiger partial charge is 0.310 e. The van der Waals surface area contributed by atoms with Gasteiger partial charge in [-0.15, -0.1) is 5.10 Å². The molecule has 2 aromatic carbocycles. The van der Waals surface area contributed by atoms with E-state index in [9.17, 15) is 4.79 Å². The zero-order chi connectivity index (χ0) is 22.1. The smallest absolute Gasteiger partial charge is 0.236 e. The number of benzene rings is 2. The number of aryl methyl sites for hydroxylation is 2. The molecule has 32 heavy (non-hydrogen) atoms. The molecule has 4 aromatic rings. The fourth-order valence-corrected chi connectivity index (χ4v) is 4.29.